The smallest absolute Gasteiger partial charge is 0.387 e. The molecule has 0 fully saturated rings. The van der Waals surface area contributed by atoms with Gasteiger partial charge in [-0.2, -0.15) is 8.78 Å². The summed E-state index contributed by atoms with van der Waals surface area (Å²) in [5.74, 6) is -0.124. The molecule has 2 N–H and O–H groups in total. The van der Waals surface area contributed by atoms with Crippen molar-refractivity contribution in [2.24, 2.45) is 0 Å². The molecule has 0 aromatic heterocycles. The molecule has 0 unspecified atom stereocenters. The third-order valence-electron chi connectivity index (χ3n) is 2.68. The molecule has 0 aliphatic carbocycles. The zero-order valence-electron chi connectivity index (χ0n) is 11.4. The fraction of sp³-hybridized carbons (Fsp3) is 0.133. The number of ether oxygens (including phenoxy) is 1. The Kier molecular flexibility index (Phi) is 5.93. The lowest BCUT2D eigenvalue weighted by atomic mass is 10.3. The predicted molar refractivity (Wildman–Crippen MR) is 89.4 cm³/mol. The zero-order chi connectivity index (χ0) is 15.9. The summed E-state index contributed by atoms with van der Waals surface area (Å²) in [6.45, 7) is -2.78. The molecular weight excluding hydrogens is 405 g/mol. The molecular formula is C15H13F2IN2O2. The van der Waals surface area contributed by atoms with Crippen LogP contribution in [0.25, 0.3) is 0 Å². The second-order valence-corrected chi connectivity index (χ2v) is 5.45. The van der Waals surface area contributed by atoms with E-state index in [9.17, 15) is 13.6 Å². The molecule has 0 bridgehead atoms. The van der Waals surface area contributed by atoms with Crippen molar-refractivity contribution >= 4 is 39.9 Å². The average Bonchev–Trinajstić information content (AvgIpc) is 2.48. The lowest BCUT2D eigenvalue weighted by Gasteiger charge is -2.10. The summed E-state index contributed by atoms with van der Waals surface area (Å²) < 4.78 is 29.2. The maximum absolute atomic E-state index is 12.0. The highest BCUT2D eigenvalue weighted by Gasteiger charge is 2.06. The normalized spacial score (nSPS) is 10.4. The van der Waals surface area contributed by atoms with Crippen LogP contribution < -0.4 is 15.4 Å². The quantitative estimate of drug-likeness (QED) is 0.699. The number of rotatable bonds is 6. The number of carbonyl (C=O) groups is 1. The molecule has 7 heteroatoms. The van der Waals surface area contributed by atoms with E-state index in [0.29, 0.717) is 5.69 Å². The third-order valence-corrected chi connectivity index (χ3v) is 3.62. The molecule has 2 aromatic rings. The van der Waals surface area contributed by atoms with Gasteiger partial charge < -0.3 is 15.4 Å². The maximum Gasteiger partial charge on any atom is 0.387 e. The molecule has 0 saturated carbocycles. The van der Waals surface area contributed by atoms with E-state index < -0.39 is 6.61 Å². The molecule has 0 aliphatic rings. The summed E-state index contributed by atoms with van der Waals surface area (Å²) in [4.78, 5) is 11.8. The number of hydrogen-bond acceptors (Lipinski definition) is 3. The van der Waals surface area contributed by atoms with Gasteiger partial charge in [0.15, 0.2) is 0 Å². The summed E-state index contributed by atoms with van der Waals surface area (Å²) in [5, 5.41) is 5.69. The number of hydrogen-bond donors (Lipinski definition) is 2. The molecule has 1 amide bonds. The monoisotopic (exact) mass is 418 g/mol. The number of para-hydroxylation sites is 1. The van der Waals surface area contributed by atoms with Crippen LogP contribution in [0.1, 0.15) is 0 Å². The summed E-state index contributed by atoms with van der Waals surface area (Å²) >= 11 is 2.14. The van der Waals surface area contributed by atoms with Crippen molar-refractivity contribution in [1.29, 1.82) is 0 Å². The van der Waals surface area contributed by atoms with Crippen LogP contribution in [0.3, 0.4) is 0 Å². The van der Waals surface area contributed by atoms with Crippen LogP contribution in [0.2, 0.25) is 0 Å². The minimum Gasteiger partial charge on any atom is -0.435 e. The molecule has 0 saturated heterocycles. The zero-order valence-corrected chi connectivity index (χ0v) is 13.5. The standard InChI is InChI=1S/C15H13F2IN2O2/c16-15(17)22-11-7-5-10(6-8-11)19-9-14(21)20-13-4-2-1-3-12(13)18/h1-8,15,19H,9H2,(H,20,21). The molecule has 2 rings (SSSR count). The van der Waals surface area contributed by atoms with E-state index in [0.717, 1.165) is 9.26 Å². The van der Waals surface area contributed by atoms with Crippen LogP contribution >= 0.6 is 22.6 Å². The van der Waals surface area contributed by atoms with E-state index in [1.165, 1.54) is 12.1 Å². The molecule has 0 heterocycles. The lowest BCUT2D eigenvalue weighted by molar-refractivity contribution is -0.114. The van der Waals surface area contributed by atoms with Crippen molar-refractivity contribution in [1.82, 2.24) is 0 Å². The molecule has 0 spiro atoms. The Labute approximate surface area is 140 Å². The van der Waals surface area contributed by atoms with E-state index in [4.69, 9.17) is 0 Å². The van der Waals surface area contributed by atoms with Crippen molar-refractivity contribution in [3.63, 3.8) is 0 Å². The fourth-order valence-electron chi connectivity index (χ4n) is 1.69. The number of nitrogens with one attached hydrogen (secondary N) is 2. The van der Waals surface area contributed by atoms with Crippen molar-refractivity contribution in [3.8, 4) is 5.75 Å². The van der Waals surface area contributed by atoms with Gasteiger partial charge in [0, 0.05) is 9.26 Å². The van der Waals surface area contributed by atoms with Gasteiger partial charge in [-0.15, -0.1) is 0 Å². The van der Waals surface area contributed by atoms with E-state index in [1.54, 1.807) is 12.1 Å². The van der Waals surface area contributed by atoms with Crippen molar-refractivity contribution < 1.29 is 18.3 Å². The van der Waals surface area contributed by atoms with E-state index in [1.807, 2.05) is 24.3 Å². The van der Waals surface area contributed by atoms with Gasteiger partial charge in [-0.1, -0.05) is 12.1 Å². The van der Waals surface area contributed by atoms with Gasteiger partial charge in [0.1, 0.15) is 5.75 Å². The summed E-state index contributed by atoms with van der Waals surface area (Å²) in [7, 11) is 0. The lowest BCUT2D eigenvalue weighted by Crippen LogP contribution is -2.22. The first-order valence-corrected chi connectivity index (χ1v) is 7.45. The van der Waals surface area contributed by atoms with Gasteiger partial charge in [0.2, 0.25) is 5.91 Å². The Morgan fingerprint density at radius 1 is 1.14 bits per heavy atom. The Bertz CT molecular complexity index is 636. The summed E-state index contributed by atoms with van der Waals surface area (Å²) in [6, 6.07) is 13.4. The molecule has 0 radical (unpaired) electrons. The molecule has 4 nitrogen and oxygen atoms in total. The average molecular weight is 418 g/mol. The highest BCUT2D eigenvalue weighted by Crippen LogP contribution is 2.18. The Hall–Kier alpha value is -1.90. The number of halogens is 3. The fourth-order valence-corrected chi connectivity index (χ4v) is 2.22. The minimum absolute atomic E-state index is 0.0695. The predicted octanol–water partition coefficient (Wildman–Crippen LogP) is 3.94. The van der Waals surface area contributed by atoms with Crippen LogP contribution in [0.15, 0.2) is 48.5 Å². The molecule has 0 aliphatic heterocycles. The van der Waals surface area contributed by atoms with Gasteiger partial charge in [-0.25, -0.2) is 0 Å². The first kappa shape index (κ1) is 16.5. The molecule has 0 atom stereocenters. The third kappa shape index (κ3) is 5.14. The first-order valence-electron chi connectivity index (χ1n) is 6.38. The Balaban J connectivity index is 1.85. The largest absolute Gasteiger partial charge is 0.435 e. The van der Waals surface area contributed by atoms with Crippen LogP contribution in [0, 0.1) is 3.57 Å². The van der Waals surface area contributed by atoms with Crippen molar-refractivity contribution in [2.45, 2.75) is 6.61 Å². The van der Waals surface area contributed by atoms with Crippen LogP contribution in [0.4, 0.5) is 20.2 Å². The van der Waals surface area contributed by atoms with Crippen LogP contribution in [-0.2, 0) is 4.79 Å². The number of benzene rings is 2. The summed E-state index contributed by atoms with van der Waals surface area (Å²) in [5.41, 5.74) is 1.38. The van der Waals surface area contributed by atoms with Crippen LogP contribution in [-0.4, -0.2) is 19.1 Å². The number of carbonyl (C=O) groups excluding carboxylic acids is 1. The van der Waals surface area contributed by atoms with E-state index in [-0.39, 0.29) is 18.2 Å². The SMILES string of the molecule is O=C(CNc1ccc(OC(F)F)cc1)Nc1ccccc1I. The second-order valence-electron chi connectivity index (χ2n) is 4.28. The Morgan fingerprint density at radius 3 is 2.45 bits per heavy atom. The first-order chi connectivity index (χ1) is 10.5. The van der Waals surface area contributed by atoms with Gasteiger partial charge >= 0.3 is 6.61 Å². The van der Waals surface area contributed by atoms with Gasteiger partial charge in [-0.3, -0.25) is 4.79 Å². The van der Waals surface area contributed by atoms with Crippen molar-refractivity contribution in [2.75, 3.05) is 17.2 Å². The number of alkyl halides is 2. The Morgan fingerprint density at radius 2 is 1.82 bits per heavy atom. The highest BCUT2D eigenvalue weighted by atomic mass is 127. The van der Waals surface area contributed by atoms with Gasteiger partial charge in [0.25, 0.3) is 0 Å². The summed E-state index contributed by atoms with van der Waals surface area (Å²) in [6.07, 6.45) is 0. The highest BCUT2D eigenvalue weighted by molar-refractivity contribution is 14.1. The molecule has 22 heavy (non-hydrogen) atoms. The van der Waals surface area contributed by atoms with Gasteiger partial charge in [0.05, 0.1) is 12.2 Å². The topological polar surface area (TPSA) is 50.4 Å². The maximum atomic E-state index is 12.0. The molecule has 116 valence electrons. The molecule has 2 aromatic carbocycles. The van der Waals surface area contributed by atoms with Gasteiger partial charge in [-0.05, 0) is 59.0 Å². The van der Waals surface area contributed by atoms with E-state index >= 15 is 0 Å². The second kappa shape index (κ2) is 7.92. The van der Waals surface area contributed by atoms with Crippen molar-refractivity contribution in [3.05, 3.63) is 52.1 Å². The van der Waals surface area contributed by atoms with Crippen LogP contribution in [0.5, 0.6) is 5.75 Å². The minimum atomic E-state index is -2.85. The van der Waals surface area contributed by atoms with E-state index in [2.05, 4.69) is 38.0 Å². The number of anilines is 2. The number of amides is 1.